The van der Waals surface area contributed by atoms with Crippen molar-refractivity contribution in [1.82, 2.24) is 14.9 Å². The van der Waals surface area contributed by atoms with E-state index in [1.807, 2.05) is 32.0 Å². The topological polar surface area (TPSA) is 123 Å². The standard InChI is InChI=1S/C21H24N4O5S2/c1-13-5-6-14(2)17(9-13)29-11-20-24-25-21(30-20)31-12-19(26)23-16-8-7-15(3)18(10-16)32(27,28)22-4/h5-10,22H,11-12H2,1-4H3,(H,23,26). The van der Waals surface area contributed by atoms with Crippen LogP contribution in [-0.2, 0) is 21.4 Å². The molecule has 0 radical (unpaired) electrons. The largest absolute Gasteiger partial charge is 0.484 e. The van der Waals surface area contributed by atoms with Gasteiger partial charge in [-0.1, -0.05) is 30.0 Å². The monoisotopic (exact) mass is 476 g/mol. The smallest absolute Gasteiger partial charge is 0.277 e. The number of hydrogen-bond donors (Lipinski definition) is 2. The van der Waals surface area contributed by atoms with Crippen molar-refractivity contribution in [3.63, 3.8) is 0 Å². The predicted molar refractivity (Wildman–Crippen MR) is 121 cm³/mol. The van der Waals surface area contributed by atoms with Crippen molar-refractivity contribution in [1.29, 1.82) is 0 Å². The molecule has 1 heterocycles. The summed E-state index contributed by atoms with van der Waals surface area (Å²) in [4.78, 5) is 12.4. The Hall–Kier alpha value is -2.89. The molecule has 0 fully saturated rings. The number of carbonyl (C=O) groups is 1. The van der Waals surface area contributed by atoms with Crippen LogP contribution in [0.3, 0.4) is 0 Å². The molecule has 0 spiro atoms. The molecule has 0 saturated heterocycles. The summed E-state index contributed by atoms with van der Waals surface area (Å²) < 4.78 is 37.7. The summed E-state index contributed by atoms with van der Waals surface area (Å²) in [6, 6.07) is 10.6. The van der Waals surface area contributed by atoms with Crippen molar-refractivity contribution < 1.29 is 22.4 Å². The van der Waals surface area contributed by atoms with Gasteiger partial charge in [-0.25, -0.2) is 13.1 Å². The summed E-state index contributed by atoms with van der Waals surface area (Å²) in [6.45, 7) is 5.74. The van der Waals surface area contributed by atoms with Crippen molar-refractivity contribution in [2.24, 2.45) is 0 Å². The Labute approximate surface area is 191 Å². The van der Waals surface area contributed by atoms with Crippen LogP contribution < -0.4 is 14.8 Å². The average molecular weight is 477 g/mol. The van der Waals surface area contributed by atoms with Gasteiger partial charge in [-0.05, 0) is 62.7 Å². The van der Waals surface area contributed by atoms with Crippen LogP contribution in [0.5, 0.6) is 5.75 Å². The second kappa shape index (κ2) is 10.2. The lowest BCUT2D eigenvalue weighted by atomic mass is 10.1. The van der Waals surface area contributed by atoms with E-state index in [1.54, 1.807) is 19.1 Å². The van der Waals surface area contributed by atoms with Gasteiger partial charge < -0.3 is 14.5 Å². The number of sulfonamides is 1. The third-order valence-electron chi connectivity index (χ3n) is 4.50. The van der Waals surface area contributed by atoms with E-state index in [9.17, 15) is 13.2 Å². The second-order valence-electron chi connectivity index (χ2n) is 7.04. The maximum absolute atomic E-state index is 12.3. The van der Waals surface area contributed by atoms with Crippen LogP contribution in [0.4, 0.5) is 5.69 Å². The van der Waals surface area contributed by atoms with E-state index < -0.39 is 10.0 Å². The molecule has 0 bridgehead atoms. The van der Waals surface area contributed by atoms with E-state index in [0.29, 0.717) is 17.1 Å². The lowest BCUT2D eigenvalue weighted by Gasteiger charge is -2.10. The third-order valence-corrected chi connectivity index (χ3v) is 6.87. The number of ether oxygens (including phenoxy) is 1. The molecule has 0 aliphatic rings. The minimum atomic E-state index is -3.62. The highest BCUT2D eigenvalue weighted by Gasteiger charge is 2.16. The van der Waals surface area contributed by atoms with Gasteiger partial charge in [0, 0.05) is 5.69 Å². The highest BCUT2D eigenvalue weighted by Crippen LogP contribution is 2.23. The Morgan fingerprint density at radius 1 is 1.09 bits per heavy atom. The first-order valence-corrected chi connectivity index (χ1v) is 12.1. The van der Waals surface area contributed by atoms with Gasteiger partial charge >= 0.3 is 0 Å². The van der Waals surface area contributed by atoms with Gasteiger partial charge in [-0.3, -0.25) is 4.79 Å². The lowest BCUT2D eigenvalue weighted by Crippen LogP contribution is -2.20. The normalized spacial score (nSPS) is 11.4. The molecule has 0 saturated carbocycles. The number of amides is 1. The average Bonchev–Trinajstić information content (AvgIpc) is 3.22. The Morgan fingerprint density at radius 2 is 1.84 bits per heavy atom. The van der Waals surface area contributed by atoms with E-state index in [2.05, 4.69) is 20.2 Å². The molecule has 0 atom stereocenters. The van der Waals surface area contributed by atoms with Crippen LogP contribution in [0.15, 0.2) is 50.9 Å². The van der Waals surface area contributed by atoms with Crippen LogP contribution >= 0.6 is 11.8 Å². The fourth-order valence-corrected chi connectivity index (χ4v) is 4.33. The Morgan fingerprint density at radius 3 is 2.59 bits per heavy atom. The number of hydrogen-bond acceptors (Lipinski definition) is 8. The SMILES string of the molecule is CNS(=O)(=O)c1cc(NC(=O)CSc2nnc(COc3cc(C)ccc3C)o2)ccc1C. The van der Waals surface area contributed by atoms with Crippen LogP contribution in [0.25, 0.3) is 0 Å². The van der Waals surface area contributed by atoms with Crippen molar-refractivity contribution in [3.05, 3.63) is 59.0 Å². The summed E-state index contributed by atoms with van der Waals surface area (Å²) in [5.41, 5.74) is 3.04. The first kappa shape index (κ1) is 23.8. The molecule has 11 heteroatoms. The van der Waals surface area contributed by atoms with Crippen LogP contribution in [0.1, 0.15) is 22.6 Å². The Balaban J connectivity index is 1.54. The molecular weight excluding hydrogens is 452 g/mol. The number of nitrogens with zero attached hydrogens (tertiary/aromatic N) is 2. The van der Waals surface area contributed by atoms with Gasteiger partial charge in [-0.15, -0.1) is 10.2 Å². The van der Waals surface area contributed by atoms with Gasteiger partial charge in [0.1, 0.15) is 5.75 Å². The maximum Gasteiger partial charge on any atom is 0.277 e. The van der Waals surface area contributed by atoms with Gasteiger partial charge in [0.15, 0.2) is 6.61 Å². The van der Waals surface area contributed by atoms with Crippen LogP contribution in [0, 0.1) is 20.8 Å². The zero-order valence-electron chi connectivity index (χ0n) is 18.1. The van der Waals surface area contributed by atoms with Gasteiger partial charge in [0.05, 0.1) is 10.6 Å². The van der Waals surface area contributed by atoms with Gasteiger partial charge in [0.25, 0.3) is 11.1 Å². The first-order chi connectivity index (χ1) is 15.2. The highest BCUT2D eigenvalue weighted by atomic mass is 32.2. The Bertz CT molecular complexity index is 1220. The van der Waals surface area contributed by atoms with Crippen molar-refractivity contribution in [2.45, 2.75) is 37.5 Å². The number of nitrogens with one attached hydrogen (secondary N) is 2. The molecule has 9 nitrogen and oxygen atoms in total. The molecule has 2 aromatic carbocycles. The predicted octanol–water partition coefficient (Wildman–Crippen LogP) is 3.21. The Kier molecular flexibility index (Phi) is 7.54. The fraction of sp³-hybridized carbons (Fsp3) is 0.286. The number of aryl methyl sites for hydroxylation is 3. The van der Waals surface area contributed by atoms with Gasteiger partial charge in [0.2, 0.25) is 15.9 Å². The lowest BCUT2D eigenvalue weighted by molar-refractivity contribution is -0.113. The number of thioether (sulfide) groups is 1. The number of rotatable bonds is 9. The molecular formula is C21H24N4O5S2. The highest BCUT2D eigenvalue weighted by molar-refractivity contribution is 7.99. The molecule has 2 N–H and O–H groups in total. The number of anilines is 1. The molecule has 1 amide bonds. The summed E-state index contributed by atoms with van der Waals surface area (Å²) >= 11 is 1.07. The van der Waals surface area contributed by atoms with E-state index in [4.69, 9.17) is 9.15 Å². The molecule has 1 aromatic heterocycles. The fourth-order valence-electron chi connectivity index (χ4n) is 2.76. The van der Waals surface area contributed by atoms with E-state index in [-0.39, 0.29) is 28.4 Å². The van der Waals surface area contributed by atoms with Crippen LogP contribution in [0.2, 0.25) is 0 Å². The first-order valence-electron chi connectivity index (χ1n) is 9.67. The third kappa shape index (κ3) is 6.09. The van der Waals surface area contributed by atoms with E-state index >= 15 is 0 Å². The van der Waals surface area contributed by atoms with Crippen molar-refractivity contribution >= 4 is 33.4 Å². The quantitative estimate of drug-likeness (QED) is 0.451. The van der Waals surface area contributed by atoms with Crippen LogP contribution in [-0.4, -0.2) is 37.3 Å². The summed E-state index contributed by atoms with van der Waals surface area (Å²) in [5.74, 6) is 0.725. The maximum atomic E-state index is 12.3. The van der Waals surface area contributed by atoms with Crippen molar-refractivity contribution in [2.75, 3.05) is 18.1 Å². The molecule has 0 unspecified atom stereocenters. The molecule has 170 valence electrons. The number of benzene rings is 2. The molecule has 0 aliphatic heterocycles. The van der Waals surface area contributed by atoms with Gasteiger partial charge in [-0.2, -0.15) is 0 Å². The summed E-state index contributed by atoms with van der Waals surface area (Å²) in [5, 5.41) is 10.8. The molecule has 0 aliphatic carbocycles. The molecule has 3 rings (SSSR count). The zero-order valence-corrected chi connectivity index (χ0v) is 19.8. The minimum Gasteiger partial charge on any atom is -0.484 e. The summed E-state index contributed by atoms with van der Waals surface area (Å²) in [6.07, 6.45) is 0. The zero-order chi connectivity index (χ0) is 23.3. The van der Waals surface area contributed by atoms with E-state index in [1.165, 1.54) is 13.1 Å². The molecule has 3 aromatic rings. The van der Waals surface area contributed by atoms with Crippen molar-refractivity contribution in [3.8, 4) is 5.75 Å². The number of aromatic nitrogens is 2. The summed E-state index contributed by atoms with van der Waals surface area (Å²) in [7, 11) is -2.29. The number of carbonyl (C=O) groups excluding carboxylic acids is 1. The molecule has 32 heavy (non-hydrogen) atoms. The second-order valence-corrected chi connectivity index (χ2v) is 9.83. The van der Waals surface area contributed by atoms with E-state index in [0.717, 1.165) is 28.6 Å². The minimum absolute atomic E-state index is 0.0153.